The van der Waals surface area contributed by atoms with E-state index in [-0.39, 0.29) is 24.9 Å². The molecule has 8 nitrogen and oxygen atoms in total. The minimum Gasteiger partial charge on any atom is -0.376 e. The summed E-state index contributed by atoms with van der Waals surface area (Å²) in [5, 5.41) is 7.29. The number of ether oxygens (including phenoxy) is 1. The summed E-state index contributed by atoms with van der Waals surface area (Å²) in [6.07, 6.45) is 1.69. The van der Waals surface area contributed by atoms with Crippen LogP contribution in [0.2, 0.25) is 5.02 Å². The highest BCUT2D eigenvalue weighted by molar-refractivity contribution is 6.30. The zero-order valence-corrected chi connectivity index (χ0v) is 17.4. The first-order valence-corrected chi connectivity index (χ1v) is 10.3. The van der Waals surface area contributed by atoms with Gasteiger partial charge >= 0.3 is 5.69 Å². The third-order valence-electron chi connectivity index (χ3n) is 5.04. The van der Waals surface area contributed by atoms with Crippen LogP contribution < -0.4 is 16.6 Å². The van der Waals surface area contributed by atoms with Gasteiger partial charge in [0.25, 0.3) is 11.5 Å². The molecule has 1 aliphatic rings. The van der Waals surface area contributed by atoms with Gasteiger partial charge in [-0.1, -0.05) is 41.9 Å². The van der Waals surface area contributed by atoms with Crippen LogP contribution in [-0.2, 0) is 11.3 Å². The quantitative estimate of drug-likeness (QED) is 0.632. The summed E-state index contributed by atoms with van der Waals surface area (Å²) in [7, 11) is 0. The van der Waals surface area contributed by atoms with Gasteiger partial charge in [0.05, 0.1) is 18.3 Å². The van der Waals surface area contributed by atoms with Crippen molar-refractivity contribution in [2.45, 2.75) is 25.5 Å². The van der Waals surface area contributed by atoms with Crippen LogP contribution in [-0.4, -0.2) is 39.5 Å². The largest absolute Gasteiger partial charge is 0.376 e. The second-order valence-corrected chi connectivity index (χ2v) is 7.68. The molecule has 1 aromatic heterocycles. The molecular formula is C22H21ClN4O4. The van der Waals surface area contributed by atoms with Gasteiger partial charge in [0.15, 0.2) is 0 Å². The highest BCUT2D eigenvalue weighted by Gasteiger charge is 2.22. The highest BCUT2D eigenvalue weighted by atomic mass is 35.5. The molecule has 1 N–H and O–H groups in total. The van der Waals surface area contributed by atoms with Crippen molar-refractivity contribution >= 4 is 17.5 Å². The number of amides is 1. The van der Waals surface area contributed by atoms with Crippen molar-refractivity contribution in [2.24, 2.45) is 0 Å². The number of hydrogen-bond acceptors (Lipinski definition) is 5. The van der Waals surface area contributed by atoms with Crippen LogP contribution in [0, 0.1) is 0 Å². The Morgan fingerprint density at radius 1 is 1.13 bits per heavy atom. The van der Waals surface area contributed by atoms with E-state index in [2.05, 4.69) is 10.4 Å². The minimum absolute atomic E-state index is 0.0145. The normalized spacial score (nSPS) is 15.7. The molecule has 0 aliphatic carbocycles. The SMILES string of the molecule is O=C(NC[C@@H]1CCCO1)c1nn(-c2ccc(Cl)cc2)c(=O)n(Cc2ccccc2)c1=O. The van der Waals surface area contributed by atoms with Crippen LogP contribution in [0.4, 0.5) is 0 Å². The average molecular weight is 441 g/mol. The number of nitrogens with zero attached hydrogens (tertiary/aromatic N) is 3. The van der Waals surface area contributed by atoms with Crippen molar-refractivity contribution in [1.29, 1.82) is 0 Å². The lowest BCUT2D eigenvalue weighted by atomic mass is 10.2. The van der Waals surface area contributed by atoms with E-state index >= 15 is 0 Å². The van der Waals surface area contributed by atoms with Gasteiger partial charge in [-0.3, -0.25) is 14.2 Å². The predicted octanol–water partition coefficient (Wildman–Crippen LogP) is 2.00. The Balaban J connectivity index is 1.75. The van der Waals surface area contributed by atoms with E-state index in [9.17, 15) is 14.4 Å². The topological polar surface area (TPSA) is 95.2 Å². The second-order valence-electron chi connectivity index (χ2n) is 7.24. The number of hydrogen-bond donors (Lipinski definition) is 1. The van der Waals surface area contributed by atoms with Gasteiger partial charge in [-0.15, -0.1) is 0 Å². The zero-order chi connectivity index (χ0) is 21.8. The zero-order valence-electron chi connectivity index (χ0n) is 16.7. The van der Waals surface area contributed by atoms with Crippen LogP contribution in [0.3, 0.4) is 0 Å². The van der Waals surface area contributed by atoms with Crippen molar-refractivity contribution in [3.63, 3.8) is 0 Å². The van der Waals surface area contributed by atoms with E-state index in [4.69, 9.17) is 16.3 Å². The molecule has 3 aromatic rings. The Hall–Kier alpha value is -3.23. The van der Waals surface area contributed by atoms with Gasteiger partial charge in [0.1, 0.15) is 0 Å². The molecule has 0 unspecified atom stereocenters. The van der Waals surface area contributed by atoms with Crippen molar-refractivity contribution in [3.8, 4) is 5.69 Å². The molecule has 0 radical (unpaired) electrons. The van der Waals surface area contributed by atoms with Crippen LogP contribution in [0.15, 0.2) is 64.2 Å². The van der Waals surface area contributed by atoms with Crippen LogP contribution in [0.5, 0.6) is 0 Å². The van der Waals surface area contributed by atoms with Gasteiger partial charge in [0.2, 0.25) is 5.69 Å². The summed E-state index contributed by atoms with van der Waals surface area (Å²) in [5.41, 5.74) is -0.607. The molecule has 0 bridgehead atoms. The van der Waals surface area contributed by atoms with E-state index in [0.717, 1.165) is 27.7 Å². The number of benzene rings is 2. The van der Waals surface area contributed by atoms with Gasteiger partial charge in [0, 0.05) is 18.2 Å². The number of carbonyl (C=O) groups is 1. The fraction of sp³-hybridized carbons (Fsp3) is 0.273. The van der Waals surface area contributed by atoms with Crippen molar-refractivity contribution < 1.29 is 9.53 Å². The molecule has 1 fully saturated rings. The Morgan fingerprint density at radius 3 is 2.55 bits per heavy atom. The van der Waals surface area contributed by atoms with Crippen LogP contribution >= 0.6 is 11.6 Å². The van der Waals surface area contributed by atoms with Gasteiger partial charge < -0.3 is 10.1 Å². The number of rotatable bonds is 6. The van der Waals surface area contributed by atoms with Gasteiger partial charge in [-0.25, -0.2) is 4.79 Å². The lowest BCUT2D eigenvalue weighted by Crippen LogP contribution is -2.46. The van der Waals surface area contributed by atoms with Gasteiger partial charge in [-0.2, -0.15) is 9.78 Å². The number of aromatic nitrogens is 3. The summed E-state index contributed by atoms with van der Waals surface area (Å²) in [4.78, 5) is 38.9. The number of carbonyl (C=O) groups excluding carboxylic acids is 1. The maximum Gasteiger partial charge on any atom is 0.352 e. The molecule has 0 saturated carbocycles. The minimum atomic E-state index is -0.746. The summed E-state index contributed by atoms with van der Waals surface area (Å²) in [5.74, 6) is -0.648. The molecule has 1 atom stereocenters. The maximum absolute atomic E-state index is 13.1. The first-order chi connectivity index (χ1) is 15.0. The Morgan fingerprint density at radius 2 is 1.87 bits per heavy atom. The van der Waals surface area contributed by atoms with E-state index in [1.54, 1.807) is 36.4 Å². The Kier molecular flexibility index (Phi) is 6.29. The summed E-state index contributed by atoms with van der Waals surface area (Å²) in [6, 6.07) is 15.5. The molecule has 9 heteroatoms. The van der Waals surface area contributed by atoms with Crippen molar-refractivity contribution in [2.75, 3.05) is 13.2 Å². The lowest BCUT2D eigenvalue weighted by Gasteiger charge is -2.14. The molecular weight excluding hydrogens is 420 g/mol. The summed E-state index contributed by atoms with van der Waals surface area (Å²) >= 11 is 5.95. The Bertz CT molecular complexity index is 1180. The average Bonchev–Trinajstić information content (AvgIpc) is 3.30. The fourth-order valence-corrected chi connectivity index (χ4v) is 3.53. The fourth-order valence-electron chi connectivity index (χ4n) is 3.41. The molecule has 2 heterocycles. The summed E-state index contributed by atoms with van der Waals surface area (Å²) < 4.78 is 7.56. The lowest BCUT2D eigenvalue weighted by molar-refractivity contribution is 0.0849. The van der Waals surface area contributed by atoms with Crippen molar-refractivity contribution in [1.82, 2.24) is 19.7 Å². The first-order valence-electron chi connectivity index (χ1n) is 9.97. The van der Waals surface area contributed by atoms with Crippen LogP contribution in [0.25, 0.3) is 5.69 Å². The third kappa shape index (κ3) is 4.76. The molecule has 0 spiro atoms. The van der Waals surface area contributed by atoms with Crippen LogP contribution in [0.1, 0.15) is 28.9 Å². The van der Waals surface area contributed by atoms with E-state index in [0.29, 0.717) is 17.3 Å². The van der Waals surface area contributed by atoms with E-state index < -0.39 is 17.2 Å². The maximum atomic E-state index is 13.1. The number of halogens is 1. The summed E-state index contributed by atoms with van der Waals surface area (Å²) in [6.45, 7) is 0.948. The third-order valence-corrected chi connectivity index (χ3v) is 5.30. The van der Waals surface area contributed by atoms with E-state index in [1.807, 2.05) is 18.2 Å². The molecule has 1 saturated heterocycles. The van der Waals surface area contributed by atoms with Crippen molar-refractivity contribution in [3.05, 3.63) is 91.7 Å². The molecule has 31 heavy (non-hydrogen) atoms. The first kappa shape index (κ1) is 21.0. The molecule has 1 aliphatic heterocycles. The monoisotopic (exact) mass is 440 g/mol. The highest BCUT2D eigenvalue weighted by Crippen LogP contribution is 2.12. The smallest absolute Gasteiger partial charge is 0.352 e. The van der Waals surface area contributed by atoms with Gasteiger partial charge in [-0.05, 0) is 42.7 Å². The molecule has 4 rings (SSSR count). The second kappa shape index (κ2) is 9.28. The predicted molar refractivity (Wildman–Crippen MR) is 116 cm³/mol. The molecule has 2 aromatic carbocycles. The number of nitrogens with one attached hydrogen (secondary N) is 1. The molecule has 1 amide bonds. The Labute approximate surface area is 183 Å². The van der Waals surface area contributed by atoms with E-state index in [1.165, 1.54) is 0 Å². The molecule has 160 valence electrons. The standard InChI is InChI=1S/C22H21ClN4O4/c23-16-8-10-17(11-9-16)27-22(30)26(14-15-5-2-1-3-6-15)21(29)19(25-27)20(28)24-13-18-7-4-12-31-18/h1-3,5-6,8-11,18H,4,7,12-14H2,(H,24,28)/t18-/m0/s1.